The second-order valence-electron chi connectivity index (χ2n) is 9.59. The maximum atomic E-state index is 13.8. The van der Waals surface area contributed by atoms with Crippen LogP contribution in [0.4, 0.5) is 18.0 Å². The zero-order chi connectivity index (χ0) is 23.4. The first-order valence-electron chi connectivity index (χ1n) is 9.91. The van der Waals surface area contributed by atoms with E-state index in [0.29, 0.717) is 0 Å². The van der Waals surface area contributed by atoms with Crippen LogP contribution in [0.25, 0.3) is 11.0 Å². The number of halogens is 3. The molecule has 3 rings (SSSR count). The number of hydrogen-bond acceptors (Lipinski definition) is 5. The summed E-state index contributed by atoms with van der Waals surface area (Å²) in [7, 11) is -0.956. The van der Waals surface area contributed by atoms with Gasteiger partial charge in [0.05, 0.1) is 28.8 Å². The van der Waals surface area contributed by atoms with Crippen molar-refractivity contribution in [3.63, 3.8) is 0 Å². The zero-order valence-electron chi connectivity index (χ0n) is 18.7. The molecule has 1 fully saturated rings. The van der Waals surface area contributed by atoms with Crippen molar-refractivity contribution in [3.05, 3.63) is 23.5 Å². The number of nitrogens with zero attached hydrogens (tertiary/aromatic N) is 1. The van der Waals surface area contributed by atoms with Crippen LogP contribution in [0, 0.1) is 0 Å². The number of alkyl halides is 3. The normalized spacial score (nSPS) is 18.5. The van der Waals surface area contributed by atoms with Gasteiger partial charge in [-0.25, -0.2) is 9.78 Å². The Labute approximate surface area is 179 Å². The largest absolute Gasteiger partial charge is 0.494 e. The minimum Gasteiger partial charge on any atom is -0.444 e. The highest BCUT2D eigenvalue weighted by molar-refractivity contribution is 6.62. The second-order valence-corrected chi connectivity index (χ2v) is 9.59. The Bertz CT molecular complexity index is 980. The van der Waals surface area contributed by atoms with E-state index in [1.54, 1.807) is 20.8 Å². The maximum Gasteiger partial charge on any atom is 0.494 e. The topological polar surface area (TPSA) is 85.5 Å². The Morgan fingerprint density at radius 3 is 2.26 bits per heavy atom. The third kappa shape index (κ3) is 4.98. The smallest absolute Gasteiger partial charge is 0.444 e. The molecule has 0 atom stereocenters. The molecule has 2 aromatic rings. The number of aromatic amines is 1. The van der Waals surface area contributed by atoms with Crippen LogP contribution in [0.15, 0.2) is 12.1 Å². The summed E-state index contributed by atoms with van der Waals surface area (Å²) < 4.78 is 58.3. The van der Waals surface area contributed by atoms with Gasteiger partial charge in [0.2, 0.25) is 0 Å². The molecule has 1 saturated heterocycles. The van der Waals surface area contributed by atoms with Gasteiger partial charge in [0.25, 0.3) is 0 Å². The summed E-state index contributed by atoms with van der Waals surface area (Å²) >= 11 is 0. The lowest BCUT2D eigenvalue weighted by Crippen LogP contribution is -2.41. The van der Waals surface area contributed by atoms with Gasteiger partial charge in [-0.15, -0.1) is 0 Å². The van der Waals surface area contributed by atoms with Crippen LogP contribution in [0.2, 0.25) is 0 Å². The van der Waals surface area contributed by atoms with Crippen molar-refractivity contribution in [1.29, 1.82) is 0 Å². The van der Waals surface area contributed by atoms with Gasteiger partial charge >= 0.3 is 19.4 Å². The lowest BCUT2D eigenvalue weighted by Gasteiger charge is -2.32. The van der Waals surface area contributed by atoms with E-state index in [1.807, 2.05) is 27.7 Å². The monoisotopic (exact) mass is 441 g/mol. The van der Waals surface area contributed by atoms with E-state index < -0.39 is 41.8 Å². The van der Waals surface area contributed by atoms with Crippen molar-refractivity contribution in [2.45, 2.75) is 78.0 Å². The van der Waals surface area contributed by atoms with Crippen LogP contribution in [0.1, 0.15) is 59.9 Å². The fraction of sp³-hybridized carbons (Fsp3) is 0.600. The molecule has 2 N–H and O–H groups in total. The van der Waals surface area contributed by atoms with Crippen LogP contribution in [-0.2, 0) is 26.8 Å². The van der Waals surface area contributed by atoms with Crippen molar-refractivity contribution >= 4 is 29.7 Å². The van der Waals surface area contributed by atoms with Crippen molar-refractivity contribution in [3.8, 4) is 0 Å². The molecule has 7 nitrogen and oxygen atoms in total. The van der Waals surface area contributed by atoms with Crippen molar-refractivity contribution in [2.24, 2.45) is 0 Å². The van der Waals surface area contributed by atoms with Crippen LogP contribution in [0.5, 0.6) is 0 Å². The first-order chi connectivity index (χ1) is 14.0. The van der Waals surface area contributed by atoms with Crippen LogP contribution < -0.4 is 10.8 Å². The van der Waals surface area contributed by atoms with E-state index in [0.717, 1.165) is 6.07 Å². The quantitative estimate of drug-likeness (QED) is 0.706. The average molecular weight is 441 g/mol. The van der Waals surface area contributed by atoms with Gasteiger partial charge in [-0.2, -0.15) is 13.2 Å². The number of H-pyrrole nitrogens is 1. The summed E-state index contributed by atoms with van der Waals surface area (Å²) in [4.78, 5) is 18.7. The predicted molar refractivity (Wildman–Crippen MR) is 110 cm³/mol. The lowest BCUT2D eigenvalue weighted by molar-refractivity contribution is -0.136. The molecule has 0 unspecified atom stereocenters. The summed E-state index contributed by atoms with van der Waals surface area (Å²) in [6.07, 6.45) is -5.33. The summed E-state index contributed by atoms with van der Waals surface area (Å²) in [5.41, 5.74) is -2.83. The molecule has 1 aromatic carbocycles. The zero-order valence-corrected chi connectivity index (χ0v) is 18.7. The Hall–Kier alpha value is -2.27. The number of hydrogen-bond donors (Lipinski definition) is 2. The molecule has 170 valence electrons. The molecule has 0 saturated carbocycles. The Morgan fingerprint density at radius 2 is 1.74 bits per heavy atom. The van der Waals surface area contributed by atoms with Crippen LogP contribution >= 0.6 is 0 Å². The number of carbonyl (C=O) groups is 1. The Morgan fingerprint density at radius 1 is 1.16 bits per heavy atom. The van der Waals surface area contributed by atoms with E-state index >= 15 is 0 Å². The van der Waals surface area contributed by atoms with E-state index in [2.05, 4.69) is 15.3 Å². The molecular formula is C20H27BF3N3O4. The van der Waals surface area contributed by atoms with Gasteiger partial charge in [0.15, 0.2) is 0 Å². The van der Waals surface area contributed by atoms with Gasteiger partial charge in [-0.3, -0.25) is 0 Å². The number of aromatic nitrogens is 2. The number of alkyl carbamates (subject to hydrolysis) is 1. The van der Waals surface area contributed by atoms with Crippen molar-refractivity contribution in [2.75, 3.05) is 0 Å². The maximum absolute atomic E-state index is 13.8. The standard InChI is InChI=1S/C20H27BF3N3O4/c1-17(2,3)29-16(28)25-10-14-26-13-9-11(8-12(15(13)27-14)20(22,23)24)21-30-18(4,5)19(6,7)31-21/h8-9H,10H2,1-7H3,(H,25,28)(H,26,27). The Balaban J connectivity index is 1.93. The molecule has 1 aromatic heterocycles. The molecule has 31 heavy (non-hydrogen) atoms. The third-order valence-corrected chi connectivity index (χ3v) is 5.29. The molecule has 0 spiro atoms. The highest BCUT2D eigenvalue weighted by atomic mass is 19.4. The van der Waals surface area contributed by atoms with Gasteiger partial charge < -0.3 is 24.3 Å². The van der Waals surface area contributed by atoms with Gasteiger partial charge in [-0.05, 0) is 66.1 Å². The average Bonchev–Trinajstić information content (AvgIpc) is 3.07. The van der Waals surface area contributed by atoms with Crippen molar-refractivity contribution < 1.29 is 32.0 Å². The lowest BCUT2D eigenvalue weighted by atomic mass is 9.78. The SMILES string of the molecule is CC(C)(C)OC(=O)NCc1nc2c(C(F)(F)F)cc(B3OC(C)(C)C(C)(C)O3)cc2[nH]1. The van der Waals surface area contributed by atoms with Gasteiger partial charge in [0.1, 0.15) is 16.9 Å². The summed E-state index contributed by atoms with van der Waals surface area (Å²) in [6, 6.07) is 2.52. The number of fused-ring (bicyclic) bond motifs is 1. The first-order valence-corrected chi connectivity index (χ1v) is 9.91. The number of amides is 1. The number of ether oxygens (including phenoxy) is 1. The summed E-state index contributed by atoms with van der Waals surface area (Å²) in [5, 5.41) is 2.48. The second kappa shape index (κ2) is 7.41. The molecule has 11 heteroatoms. The summed E-state index contributed by atoms with van der Waals surface area (Å²) in [6.45, 7) is 12.3. The van der Waals surface area contributed by atoms with E-state index in [9.17, 15) is 18.0 Å². The molecule has 1 amide bonds. The fourth-order valence-corrected chi connectivity index (χ4v) is 3.08. The van der Waals surface area contributed by atoms with E-state index in [1.165, 1.54) is 6.07 Å². The fourth-order valence-electron chi connectivity index (χ4n) is 3.08. The molecule has 0 radical (unpaired) electrons. The number of benzene rings is 1. The van der Waals surface area contributed by atoms with Crippen LogP contribution in [0.3, 0.4) is 0 Å². The van der Waals surface area contributed by atoms with E-state index in [-0.39, 0.29) is 28.9 Å². The number of nitrogens with one attached hydrogen (secondary N) is 2. The molecule has 0 bridgehead atoms. The highest BCUT2D eigenvalue weighted by Crippen LogP contribution is 2.38. The highest BCUT2D eigenvalue weighted by Gasteiger charge is 2.52. The molecular weight excluding hydrogens is 414 g/mol. The number of imidazole rings is 1. The molecule has 0 aliphatic carbocycles. The third-order valence-electron chi connectivity index (χ3n) is 5.29. The molecule has 1 aliphatic heterocycles. The number of rotatable bonds is 3. The van der Waals surface area contributed by atoms with Gasteiger partial charge in [-0.1, -0.05) is 0 Å². The predicted octanol–water partition coefficient (Wildman–Crippen LogP) is 3.91. The van der Waals surface area contributed by atoms with Crippen molar-refractivity contribution in [1.82, 2.24) is 15.3 Å². The molecule has 2 heterocycles. The summed E-state index contributed by atoms with van der Waals surface area (Å²) in [5.74, 6) is 0.164. The Kier molecular flexibility index (Phi) is 5.59. The van der Waals surface area contributed by atoms with Gasteiger partial charge in [0, 0.05) is 0 Å². The first kappa shape index (κ1) is 23.4. The minimum atomic E-state index is -4.64. The number of carbonyl (C=O) groups excluding carboxylic acids is 1. The minimum absolute atomic E-state index is 0.118. The van der Waals surface area contributed by atoms with Crippen LogP contribution in [-0.4, -0.2) is 40.0 Å². The molecule has 1 aliphatic rings. The van der Waals surface area contributed by atoms with E-state index in [4.69, 9.17) is 14.0 Å².